The van der Waals surface area contributed by atoms with E-state index in [9.17, 15) is 4.79 Å². The molecule has 0 aliphatic carbocycles. The fourth-order valence-corrected chi connectivity index (χ4v) is 4.30. The fourth-order valence-electron chi connectivity index (χ4n) is 4.30. The summed E-state index contributed by atoms with van der Waals surface area (Å²) in [4.78, 5) is 18.6. The van der Waals surface area contributed by atoms with Crippen molar-refractivity contribution in [2.75, 3.05) is 19.7 Å². The number of morpholine rings is 1. The summed E-state index contributed by atoms with van der Waals surface area (Å²) in [7, 11) is 0. The molecule has 0 saturated carbocycles. The predicted molar refractivity (Wildman–Crippen MR) is 86.8 cm³/mol. The van der Waals surface area contributed by atoms with E-state index < -0.39 is 5.91 Å². The first-order valence-corrected chi connectivity index (χ1v) is 8.66. The summed E-state index contributed by atoms with van der Waals surface area (Å²) >= 11 is 0. The van der Waals surface area contributed by atoms with Crippen molar-refractivity contribution in [3.05, 3.63) is 29.1 Å². The Morgan fingerprint density at radius 2 is 2.50 bits per heavy atom. The number of nitrogens with zero attached hydrogens (tertiary/aromatic N) is 2. The summed E-state index contributed by atoms with van der Waals surface area (Å²) < 4.78 is 6.09. The van der Waals surface area contributed by atoms with E-state index in [2.05, 4.69) is 22.1 Å². The predicted octanol–water partition coefficient (Wildman–Crippen LogP) is 0.468. The molecule has 2 fully saturated rings. The third kappa shape index (κ3) is 2.71. The van der Waals surface area contributed by atoms with Crippen molar-refractivity contribution < 1.29 is 14.7 Å². The molecule has 2 saturated heterocycles. The largest absolute Gasteiger partial charge is 0.371 e. The topological polar surface area (TPSA) is 86.7 Å². The van der Waals surface area contributed by atoms with E-state index in [1.165, 1.54) is 6.20 Å². The number of hydrogen-bond donors (Lipinski definition) is 3. The molecule has 0 unspecified atom stereocenters. The number of nitrogens with one attached hydrogen (secondary N) is 2. The van der Waals surface area contributed by atoms with Gasteiger partial charge in [-0.15, -0.1) is 0 Å². The van der Waals surface area contributed by atoms with Gasteiger partial charge < -0.3 is 10.1 Å². The quantitative estimate of drug-likeness (QED) is 0.549. The molecule has 0 spiro atoms. The van der Waals surface area contributed by atoms with Crippen molar-refractivity contribution in [3.63, 3.8) is 0 Å². The van der Waals surface area contributed by atoms with Crippen LogP contribution in [0.5, 0.6) is 0 Å². The molecule has 7 heteroatoms. The van der Waals surface area contributed by atoms with Crippen molar-refractivity contribution in [1.29, 1.82) is 0 Å². The Bertz CT molecular complexity index is 643. The summed E-state index contributed by atoms with van der Waals surface area (Å²) in [6, 6.07) is 2.79. The van der Waals surface area contributed by atoms with Crippen molar-refractivity contribution in [1.82, 2.24) is 20.7 Å². The van der Waals surface area contributed by atoms with Crippen LogP contribution in [0.2, 0.25) is 0 Å². The fraction of sp³-hybridized carbons (Fsp3) is 0.647. The maximum absolute atomic E-state index is 11.6. The van der Waals surface area contributed by atoms with Gasteiger partial charge in [-0.3, -0.25) is 19.9 Å². The zero-order valence-corrected chi connectivity index (χ0v) is 13.9. The van der Waals surface area contributed by atoms with E-state index in [4.69, 9.17) is 9.94 Å². The molecule has 3 aliphatic rings. The molecule has 0 radical (unpaired) electrons. The van der Waals surface area contributed by atoms with Crippen LogP contribution in [0.25, 0.3) is 0 Å². The number of hydroxylamine groups is 1. The maximum atomic E-state index is 11.6. The van der Waals surface area contributed by atoms with Gasteiger partial charge in [0, 0.05) is 50.0 Å². The van der Waals surface area contributed by atoms with Gasteiger partial charge in [0.2, 0.25) is 0 Å². The number of carbonyl (C=O) groups excluding carboxylic acids is 1. The summed E-state index contributed by atoms with van der Waals surface area (Å²) in [5, 5.41) is 12.3. The van der Waals surface area contributed by atoms with Crippen LogP contribution in [0.1, 0.15) is 41.4 Å². The van der Waals surface area contributed by atoms with Gasteiger partial charge in [-0.2, -0.15) is 0 Å². The van der Waals surface area contributed by atoms with E-state index in [0.717, 1.165) is 56.8 Å². The maximum Gasteiger partial charge on any atom is 0.276 e. The SMILES string of the molecule is CC[C@H]1Cc2ncc(C(=O)NO)cc2CN1C[C@]12CN[C@H](CO1)C2. The van der Waals surface area contributed by atoms with E-state index in [1.54, 1.807) is 5.48 Å². The first kappa shape index (κ1) is 16.0. The average Bonchev–Trinajstić information content (AvgIpc) is 3.20. The number of aromatic nitrogens is 1. The standard InChI is InChI=1S/C17H24N4O3/c1-2-14-4-15-12(3-11(6-18-15)16(22)20-23)7-21(14)10-17-5-13(8-24-17)19-9-17/h3,6,13-14,19,23H,2,4-5,7-10H2,1H3,(H,20,22)/t13-,14-,17-/m0/s1. The molecular weight excluding hydrogens is 308 g/mol. The van der Waals surface area contributed by atoms with Crippen molar-refractivity contribution in [2.45, 2.75) is 50.4 Å². The van der Waals surface area contributed by atoms with Crippen molar-refractivity contribution >= 4 is 5.91 Å². The van der Waals surface area contributed by atoms with Crippen LogP contribution in [-0.4, -0.2) is 58.4 Å². The Morgan fingerprint density at radius 1 is 1.62 bits per heavy atom. The highest BCUT2D eigenvalue weighted by molar-refractivity contribution is 5.93. The monoisotopic (exact) mass is 332 g/mol. The molecule has 3 N–H and O–H groups in total. The van der Waals surface area contributed by atoms with E-state index in [-0.39, 0.29) is 5.60 Å². The number of ether oxygens (including phenoxy) is 1. The van der Waals surface area contributed by atoms with Gasteiger partial charge in [0.1, 0.15) is 0 Å². The minimum absolute atomic E-state index is 0.0664. The van der Waals surface area contributed by atoms with Crippen LogP contribution in [0.4, 0.5) is 0 Å². The van der Waals surface area contributed by atoms with Crippen LogP contribution in [0.3, 0.4) is 0 Å². The molecular formula is C17H24N4O3. The average molecular weight is 332 g/mol. The van der Waals surface area contributed by atoms with Gasteiger partial charge in [0.25, 0.3) is 5.91 Å². The Hall–Kier alpha value is -1.54. The minimum Gasteiger partial charge on any atom is -0.371 e. The van der Waals surface area contributed by atoms with Crippen molar-refractivity contribution in [3.8, 4) is 0 Å². The Labute approximate surface area is 141 Å². The van der Waals surface area contributed by atoms with Gasteiger partial charge in [-0.25, -0.2) is 5.48 Å². The molecule has 3 atom stereocenters. The molecule has 0 aromatic carbocycles. The molecule has 1 aromatic heterocycles. The lowest BCUT2D eigenvalue weighted by molar-refractivity contribution is -0.0424. The highest BCUT2D eigenvalue weighted by Gasteiger charge is 2.48. The molecule has 4 rings (SSSR count). The molecule has 1 aromatic rings. The van der Waals surface area contributed by atoms with Crippen LogP contribution < -0.4 is 10.8 Å². The second-order valence-electron chi connectivity index (χ2n) is 7.22. The molecule has 3 aliphatic heterocycles. The molecule has 24 heavy (non-hydrogen) atoms. The highest BCUT2D eigenvalue weighted by atomic mass is 16.5. The van der Waals surface area contributed by atoms with Gasteiger partial charge in [0.15, 0.2) is 0 Å². The zero-order valence-electron chi connectivity index (χ0n) is 13.9. The van der Waals surface area contributed by atoms with Gasteiger partial charge >= 0.3 is 0 Å². The number of hydrogen-bond acceptors (Lipinski definition) is 6. The first-order chi connectivity index (χ1) is 11.6. The zero-order chi connectivity index (χ0) is 16.7. The summed E-state index contributed by atoms with van der Waals surface area (Å²) in [5.41, 5.74) is 4.13. The molecule has 130 valence electrons. The van der Waals surface area contributed by atoms with Crippen LogP contribution in [0.15, 0.2) is 12.3 Å². The second kappa shape index (κ2) is 6.07. The Kier molecular flexibility index (Phi) is 4.04. The third-order valence-corrected chi connectivity index (χ3v) is 5.63. The van der Waals surface area contributed by atoms with Gasteiger partial charge in [-0.05, 0) is 24.5 Å². The van der Waals surface area contributed by atoms with Crippen LogP contribution in [-0.2, 0) is 17.7 Å². The normalized spacial score (nSPS) is 31.9. The Balaban J connectivity index is 1.56. The lowest BCUT2D eigenvalue weighted by atomic mass is 9.93. The number of fused-ring (bicyclic) bond motifs is 3. The lowest BCUT2D eigenvalue weighted by Gasteiger charge is -2.41. The summed E-state index contributed by atoms with van der Waals surface area (Å²) in [6.45, 7) is 5.61. The van der Waals surface area contributed by atoms with E-state index >= 15 is 0 Å². The van der Waals surface area contributed by atoms with Crippen molar-refractivity contribution in [2.24, 2.45) is 0 Å². The summed E-state index contributed by atoms with van der Waals surface area (Å²) in [5.74, 6) is -0.519. The second-order valence-corrected chi connectivity index (χ2v) is 7.22. The first-order valence-electron chi connectivity index (χ1n) is 8.66. The third-order valence-electron chi connectivity index (χ3n) is 5.63. The highest BCUT2D eigenvalue weighted by Crippen LogP contribution is 2.35. The van der Waals surface area contributed by atoms with Gasteiger partial charge in [0.05, 0.1) is 17.8 Å². The number of rotatable bonds is 4. The smallest absolute Gasteiger partial charge is 0.276 e. The Morgan fingerprint density at radius 3 is 3.12 bits per heavy atom. The van der Waals surface area contributed by atoms with Gasteiger partial charge in [-0.1, -0.05) is 6.92 Å². The van der Waals surface area contributed by atoms with Crippen LogP contribution in [0, 0.1) is 0 Å². The molecule has 2 bridgehead atoms. The van der Waals surface area contributed by atoms with E-state index in [1.807, 2.05) is 6.07 Å². The number of carbonyl (C=O) groups is 1. The minimum atomic E-state index is -0.519. The number of amides is 1. The van der Waals surface area contributed by atoms with E-state index in [0.29, 0.717) is 17.6 Å². The molecule has 1 amide bonds. The molecule has 4 heterocycles. The number of pyridine rings is 1. The lowest BCUT2D eigenvalue weighted by Crippen LogP contribution is -2.52. The molecule has 7 nitrogen and oxygen atoms in total. The summed E-state index contributed by atoms with van der Waals surface area (Å²) in [6.07, 6.45) is 4.57. The van der Waals surface area contributed by atoms with Crippen LogP contribution >= 0.6 is 0 Å².